The van der Waals surface area contributed by atoms with Gasteiger partial charge in [-0.05, 0) is 13.3 Å². The van der Waals surface area contributed by atoms with Crippen LogP contribution >= 0.6 is 0 Å². The van der Waals surface area contributed by atoms with E-state index in [0.29, 0.717) is 6.04 Å². The summed E-state index contributed by atoms with van der Waals surface area (Å²) in [7, 11) is 0. The molecule has 2 heterocycles. The zero-order chi connectivity index (χ0) is 6.97. The van der Waals surface area contributed by atoms with Crippen molar-refractivity contribution in [2.24, 2.45) is 0 Å². The van der Waals surface area contributed by atoms with E-state index in [1.807, 2.05) is 16.9 Å². The third-order valence-corrected chi connectivity index (χ3v) is 1.96. The fourth-order valence-electron chi connectivity index (χ4n) is 1.34. The lowest BCUT2D eigenvalue weighted by Crippen LogP contribution is -2.21. The highest BCUT2D eigenvalue weighted by atomic mass is 15.3. The summed E-state index contributed by atoms with van der Waals surface area (Å²) < 4.78 is 2.03. The summed E-state index contributed by atoms with van der Waals surface area (Å²) >= 11 is 0. The van der Waals surface area contributed by atoms with Gasteiger partial charge in [0.1, 0.15) is 5.82 Å². The van der Waals surface area contributed by atoms with Gasteiger partial charge in [0.05, 0.1) is 12.2 Å². The fraction of sp³-hybridized carbons (Fsp3) is 0.571. The molecule has 10 heavy (non-hydrogen) atoms. The largest absolute Gasteiger partial charge is 0.370 e. The molecule has 54 valence electrons. The predicted octanol–water partition coefficient (Wildman–Crippen LogP) is 1.26. The molecular weight excluding hydrogens is 126 g/mol. The van der Waals surface area contributed by atoms with Gasteiger partial charge in [-0.25, -0.2) is 4.68 Å². The van der Waals surface area contributed by atoms with Crippen molar-refractivity contribution in [3.63, 3.8) is 0 Å². The number of aromatic nitrogens is 2. The van der Waals surface area contributed by atoms with Crippen LogP contribution in [0.4, 0.5) is 5.82 Å². The molecule has 0 aliphatic carbocycles. The number of nitrogens with zero attached hydrogens (tertiary/aromatic N) is 2. The standard InChI is InChI=1S/C7H11N3/c1-6-2-4-8-7-3-5-9-10(6)7/h3,5-6,8H,2,4H2,1H3/t6-/m0/s1. The Bertz CT molecular complexity index is 229. The van der Waals surface area contributed by atoms with Crippen LogP contribution in [-0.4, -0.2) is 16.3 Å². The van der Waals surface area contributed by atoms with Gasteiger partial charge in [-0.2, -0.15) is 5.10 Å². The van der Waals surface area contributed by atoms with Crippen LogP contribution in [0, 0.1) is 0 Å². The van der Waals surface area contributed by atoms with Gasteiger partial charge in [0.2, 0.25) is 0 Å². The van der Waals surface area contributed by atoms with Gasteiger partial charge in [-0.15, -0.1) is 0 Å². The van der Waals surface area contributed by atoms with E-state index in [9.17, 15) is 0 Å². The van der Waals surface area contributed by atoms with Crippen molar-refractivity contribution in [2.45, 2.75) is 19.4 Å². The number of rotatable bonds is 0. The van der Waals surface area contributed by atoms with Gasteiger partial charge >= 0.3 is 0 Å². The van der Waals surface area contributed by atoms with Crippen LogP contribution in [0.2, 0.25) is 0 Å². The number of nitrogens with one attached hydrogen (secondary N) is 1. The summed E-state index contributed by atoms with van der Waals surface area (Å²) in [5.74, 6) is 1.15. The predicted molar refractivity (Wildman–Crippen MR) is 40.0 cm³/mol. The van der Waals surface area contributed by atoms with Crippen molar-refractivity contribution in [1.29, 1.82) is 0 Å². The van der Waals surface area contributed by atoms with Crippen molar-refractivity contribution >= 4 is 5.82 Å². The summed E-state index contributed by atoms with van der Waals surface area (Å²) in [5.41, 5.74) is 0. The van der Waals surface area contributed by atoms with Crippen LogP contribution in [0.1, 0.15) is 19.4 Å². The van der Waals surface area contributed by atoms with Crippen molar-refractivity contribution in [1.82, 2.24) is 9.78 Å². The maximum Gasteiger partial charge on any atom is 0.124 e. The molecule has 1 aliphatic rings. The minimum Gasteiger partial charge on any atom is -0.370 e. The third kappa shape index (κ3) is 0.701. The molecule has 3 heteroatoms. The topological polar surface area (TPSA) is 29.9 Å². The second kappa shape index (κ2) is 2.01. The Morgan fingerprint density at radius 1 is 1.80 bits per heavy atom. The number of anilines is 1. The monoisotopic (exact) mass is 137 g/mol. The molecule has 0 saturated heterocycles. The average Bonchev–Trinajstić information content (AvgIpc) is 2.36. The molecule has 1 atom stereocenters. The number of fused-ring (bicyclic) bond motifs is 1. The maximum atomic E-state index is 4.19. The Hall–Kier alpha value is -0.990. The lowest BCUT2D eigenvalue weighted by Gasteiger charge is -2.21. The van der Waals surface area contributed by atoms with Crippen LogP contribution in [0.15, 0.2) is 12.3 Å². The number of hydrogen-bond acceptors (Lipinski definition) is 2. The summed E-state index contributed by atoms with van der Waals surface area (Å²) in [6, 6.07) is 2.57. The molecule has 0 unspecified atom stereocenters. The molecule has 0 spiro atoms. The van der Waals surface area contributed by atoms with Gasteiger partial charge in [0, 0.05) is 12.6 Å². The summed E-state index contributed by atoms with van der Waals surface area (Å²) in [5, 5.41) is 7.47. The normalized spacial score (nSPS) is 23.5. The highest BCUT2D eigenvalue weighted by molar-refractivity contribution is 5.35. The van der Waals surface area contributed by atoms with E-state index in [0.717, 1.165) is 12.4 Å². The zero-order valence-corrected chi connectivity index (χ0v) is 6.04. The van der Waals surface area contributed by atoms with Crippen molar-refractivity contribution < 1.29 is 0 Å². The van der Waals surface area contributed by atoms with Crippen LogP contribution in [0.3, 0.4) is 0 Å². The molecule has 0 fully saturated rings. The van der Waals surface area contributed by atoms with Crippen LogP contribution in [-0.2, 0) is 0 Å². The van der Waals surface area contributed by atoms with Crippen LogP contribution in [0.5, 0.6) is 0 Å². The van der Waals surface area contributed by atoms with Gasteiger partial charge < -0.3 is 5.32 Å². The van der Waals surface area contributed by atoms with Gasteiger partial charge in [-0.3, -0.25) is 0 Å². The highest BCUT2D eigenvalue weighted by Crippen LogP contribution is 2.20. The van der Waals surface area contributed by atoms with E-state index in [-0.39, 0.29) is 0 Å². The second-order valence-corrected chi connectivity index (χ2v) is 2.73. The molecule has 0 saturated carbocycles. The minimum atomic E-state index is 0.561. The lowest BCUT2D eigenvalue weighted by atomic mass is 10.2. The molecule has 2 rings (SSSR count). The second-order valence-electron chi connectivity index (χ2n) is 2.73. The van der Waals surface area contributed by atoms with Crippen LogP contribution < -0.4 is 5.32 Å². The van der Waals surface area contributed by atoms with Gasteiger partial charge in [0.25, 0.3) is 0 Å². The van der Waals surface area contributed by atoms with Crippen molar-refractivity contribution in [3.05, 3.63) is 12.3 Å². The molecule has 3 nitrogen and oxygen atoms in total. The quantitative estimate of drug-likeness (QED) is 0.583. The Labute approximate surface area is 60.0 Å². The third-order valence-electron chi connectivity index (χ3n) is 1.96. The first-order valence-electron chi connectivity index (χ1n) is 3.65. The van der Waals surface area contributed by atoms with Gasteiger partial charge in [-0.1, -0.05) is 0 Å². The van der Waals surface area contributed by atoms with E-state index in [2.05, 4.69) is 17.3 Å². The first-order chi connectivity index (χ1) is 4.88. The maximum absolute atomic E-state index is 4.19. The molecule has 0 amide bonds. The smallest absolute Gasteiger partial charge is 0.124 e. The Morgan fingerprint density at radius 2 is 2.70 bits per heavy atom. The van der Waals surface area contributed by atoms with E-state index in [1.165, 1.54) is 6.42 Å². The Morgan fingerprint density at radius 3 is 3.50 bits per heavy atom. The average molecular weight is 137 g/mol. The fourth-order valence-corrected chi connectivity index (χ4v) is 1.34. The Balaban J connectivity index is 2.41. The molecule has 0 radical (unpaired) electrons. The zero-order valence-electron chi connectivity index (χ0n) is 6.04. The Kier molecular flexibility index (Phi) is 1.16. The van der Waals surface area contributed by atoms with E-state index >= 15 is 0 Å². The van der Waals surface area contributed by atoms with E-state index in [1.54, 1.807) is 0 Å². The molecule has 0 bridgehead atoms. The first kappa shape index (κ1) is 5.77. The molecule has 1 aromatic heterocycles. The summed E-state index contributed by atoms with van der Waals surface area (Å²) in [4.78, 5) is 0. The van der Waals surface area contributed by atoms with Crippen LogP contribution in [0.25, 0.3) is 0 Å². The van der Waals surface area contributed by atoms with Crippen molar-refractivity contribution in [2.75, 3.05) is 11.9 Å². The molecule has 1 aliphatic heterocycles. The van der Waals surface area contributed by atoms with Gasteiger partial charge in [0.15, 0.2) is 0 Å². The number of hydrogen-bond donors (Lipinski definition) is 1. The summed E-state index contributed by atoms with van der Waals surface area (Å²) in [6.07, 6.45) is 3.01. The molecular formula is C7H11N3. The molecule has 1 N–H and O–H groups in total. The first-order valence-corrected chi connectivity index (χ1v) is 3.65. The SMILES string of the molecule is C[C@H]1CCNc2ccnn21. The summed E-state index contributed by atoms with van der Waals surface area (Å²) in [6.45, 7) is 3.27. The van der Waals surface area contributed by atoms with Crippen molar-refractivity contribution in [3.8, 4) is 0 Å². The molecule has 0 aromatic carbocycles. The minimum absolute atomic E-state index is 0.561. The highest BCUT2D eigenvalue weighted by Gasteiger charge is 2.13. The van der Waals surface area contributed by atoms with E-state index in [4.69, 9.17) is 0 Å². The molecule has 1 aromatic rings. The van der Waals surface area contributed by atoms with E-state index < -0.39 is 0 Å². The lowest BCUT2D eigenvalue weighted by molar-refractivity contribution is 0.453.